The van der Waals surface area contributed by atoms with Crippen molar-refractivity contribution in [2.75, 3.05) is 13.1 Å². The lowest BCUT2D eigenvalue weighted by Gasteiger charge is -2.23. The average Bonchev–Trinajstić information content (AvgIpc) is 2.72. The van der Waals surface area contributed by atoms with Crippen molar-refractivity contribution in [3.05, 3.63) is 0 Å². The monoisotopic (exact) mass is 252 g/mol. The van der Waals surface area contributed by atoms with Crippen molar-refractivity contribution in [2.24, 2.45) is 0 Å². The summed E-state index contributed by atoms with van der Waals surface area (Å²) in [6.07, 6.45) is -3.10. The van der Waals surface area contributed by atoms with E-state index < -0.39 is 24.7 Å². The zero-order valence-electron chi connectivity index (χ0n) is 9.51. The van der Waals surface area contributed by atoms with Gasteiger partial charge in [0, 0.05) is 13.0 Å². The molecule has 4 nitrogen and oxygen atoms in total. The van der Waals surface area contributed by atoms with Gasteiger partial charge in [-0.2, -0.15) is 13.2 Å². The number of likely N-dealkylation sites (tertiary alicyclic amines) is 1. The number of carbonyl (C=O) groups is 2. The van der Waals surface area contributed by atoms with Crippen LogP contribution in [0.15, 0.2) is 0 Å². The minimum absolute atomic E-state index is 0.199. The first-order chi connectivity index (χ1) is 7.85. The van der Waals surface area contributed by atoms with Crippen LogP contribution >= 0.6 is 0 Å². The molecule has 1 saturated heterocycles. The summed E-state index contributed by atoms with van der Waals surface area (Å²) in [7, 11) is 0. The van der Waals surface area contributed by atoms with Gasteiger partial charge in [-0.1, -0.05) is 6.92 Å². The molecule has 1 rings (SSSR count). The molecule has 0 saturated carbocycles. The number of nitrogens with zero attached hydrogens (tertiary/aromatic N) is 1. The van der Waals surface area contributed by atoms with Gasteiger partial charge in [0.25, 0.3) is 0 Å². The Bertz CT molecular complexity index is 304. The molecule has 1 fully saturated rings. The number of hydrogen-bond donors (Lipinski definition) is 1. The van der Waals surface area contributed by atoms with Gasteiger partial charge in [-0.15, -0.1) is 0 Å². The highest BCUT2D eigenvalue weighted by atomic mass is 19.4. The second kappa shape index (κ2) is 5.37. The summed E-state index contributed by atoms with van der Waals surface area (Å²) in [4.78, 5) is 24.3. The van der Waals surface area contributed by atoms with Crippen LogP contribution in [0.25, 0.3) is 0 Å². The van der Waals surface area contributed by atoms with Crippen LogP contribution < -0.4 is 5.32 Å². The van der Waals surface area contributed by atoms with Crippen LogP contribution in [0.4, 0.5) is 13.2 Å². The Labute approximate surface area is 97.1 Å². The normalized spacial score (nSPS) is 20.5. The third-order valence-corrected chi connectivity index (χ3v) is 2.64. The molecular weight excluding hydrogens is 237 g/mol. The first-order valence-electron chi connectivity index (χ1n) is 5.49. The molecule has 1 aliphatic heterocycles. The molecule has 0 bridgehead atoms. The lowest BCUT2D eigenvalue weighted by molar-refractivity contribution is -0.144. The highest BCUT2D eigenvalue weighted by Gasteiger charge is 2.35. The number of rotatable bonds is 3. The Balaban J connectivity index is 2.53. The van der Waals surface area contributed by atoms with Crippen LogP contribution in [-0.2, 0) is 9.59 Å². The van der Waals surface area contributed by atoms with Crippen LogP contribution in [-0.4, -0.2) is 42.0 Å². The van der Waals surface area contributed by atoms with E-state index in [-0.39, 0.29) is 12.3 Å². The zero-order chi connectivity index (χ0) is 13.1. The van der Waals surface area contributed by atoms with Crippen molar-refractivity contribution < 1.29 is 22.8 Å². The van der Waals surface area contributed by atoms with Gasteiger partial charge in [0.2, 0.25) is 11.8 Å². The summed E-state index contributed by atoms with van der Waals surface area (Å²) in [5.41, 5.74) is 0. The summed E-state index contributed by atoms with van der Waals surface area (Å²) in [5, 5.41) is 1.82. The number of carbonyl (C=O) groups excluding carboxylic acids is 2. The van der Waals surface area contributed by atoms with Crippen LogP contribution in [0.5, 0.6) is 0 Å². The molecule has 0 aliphatic carbocycles. The van der Waals surface area contributed by atoms with Gasteiger partial charge in [0.1, 0.15) is 12.6 Å². The average molecular weight is 252 g/mol. The predicted octanol–water partition coefficient (Wildman–Crippen LogP) is 1.07. The second-order valence-corrected chi connectivity index (χ2v) is 3.93. The van der Waals surface area contributed by atoms with E-state index in [0.29, 0.717) is 19.4 Å². The Morgan fingerprint density at radius 3 is 2.59 bits per heavy atom. The third kappa shape index (κ3) is 3.90. The molecule has 1 N–H and O–H groups in total. The fraction of sp³-hybridized carbons (Fsp3) is 0.800. The van der Waals surface area contributed by atoms with E-state index in [0.717, 1.165) is 0 Å². The van der Waals surface area contributed by atoms with Crippen LogP contribution in [0.3, 0.4) is 0 Å². The molecule has 0 aromatic carbocycles. The molecule has 17 heavy (non-hydrogen) atoms. The van der Waals surface area contributed by atoms with Crippen LogP contribution in [0.2, 0.25) is 0 Å². The summed E-state index contributed by atoms with van der Waals surface area (Å²) in [6.45, 7) is 0.749. The molecule has 1 unspecified atom stereocenters. The molecule has 2 amide bonds. The SMILES string of the molecule is CCC(=O)N1CCCC1C(=O)NCC(F)(F)F. The van der Waals surface area contributed by atoms with Gasteiger partial charge in [-0.3, -0.25) is 9.59 Å². The van der Waals surface area contributed by atoms with Gasteiger partial charge in [0.05, 0.1) is 0 Å². The minimum Gasteiger partial charge on any atom is -0.345 e. The van der Waals surface area contributed by atoms with Crippen LogP contribution in [0, 0.1) is 0 Å². The number of amides is 2. The molecular formula is C10H15F3N2O2. The highest BCUT2D eigenvalue weighted by Crippen LogP contribution is 2.19. The molecule has 1 heterocycles. The Kier molecular flexibility index (Phi) is 4.36. The number of nitrogens with one attached hydrogen (secondary N) is 1. The molecule has 0 radical (unpaired) electrons. The van der Waals surface area contributed by atoms with Gasteiger partial charge >= 0.3 is 6.18 Å². The number of hydrogen-bond acceptors (Lipinski definition) is 2. The van der Waals surface area contributed by atoms with Gasteiger partial charge in [-0.25, -0.2) is 0 Å². The predicted molar refractivity (Wildman–Crippen MR) is 54.1 cm³/mol. The first-order valence-corrected chi connectivity index (χ1v) is 5.49. The first kappa shape index (κ1) is 13.8. The molecule has 1 atom stereocenters. The standard InChI is InChI=1S/C10H15F3N2O2/c1-2-8(16)15-5-3-4-7(15)9(17)14-6-10(11,12)13/h7H,2-6H2,1H3,(H,14,17). The van der Waals surface area contributed by atoms with Crippen molar-refractivity contribution in [3.63, 3.8) is 0 Å². The van der Waals surface area contributed by atoms with E-state index in [1.54, 1.807) is 6.92 Å². The molecule has 1 aliphatic rings. The van der Waals surface area contributed by atoms with Crippen molar-refractivity contribution in [3.8, 4) is 0 Å². The summed E-state index contributed by atoms with van der Waals surface area (Å²) >= 11 is 0. The maximum absolute atomic E-state index is 11.9. The van der Waals surface area contributed by atoms with Crippen LogP contribution in [0.1, 0.15) is 26.2 Å². The van der Waals surface area contributed by atoms with Crippen molar-refractivity contribution >= 4 is 11.8 Å². The summed E-state index contributed by atoms with van der Waals surface area (Å²) in [5.74, 6) is -0.920. The smallest absolute Gasteiger partial charge is 0.345 e. The highest BCUT2D eigenvalue weighted by molar-refractivity contribution is 5.88. The summed E-state index contributed by atoms with van der Waals surface area (Å²) < 4.78 is 35.8. The maximum Gasteiger partial charge on any atom is 0.405 e. The molecule has 0 aromatic rings. The fourth-order valence-corrected chi connectivity index (χ4v) is 1.85. The van der Waals surface area contributed by atoms with Crippen molar-refractivity contribution in [2.45, 2.75) is 38.4 Å². The molecule has 98 valence electrons. The maximum atomic E-state index is 11.9. The topological polar surface area (TPSA) is 49.4 Å². The Morgan fingerprint density at radius 1 is 1.41 bits per heavy atom. The third-order valence-electron chi connectivity index (χ3n) is 2.64. The molecule has 7 heteroatoms. The molecule has 0 aromatic heterocycles. The largest absolute Gasteiger partial charge is 0.405 e. The van der Waals surface area contributed by atoms with Gasteiger partial charge in [-0.05, 0) is 12.8 Å². The van der Waals surface area contributed by atoms with Gasteiger partial charge < -0.3 is 10.2 Å². The summed E-state index contributed by atoms with van der Waals surface area (Å²) in [6, 6.07) is -0.746. The van der Waals surface area contributed by atoms with E-state index in [9.17, 15) is 22.8 Å². The second-order valence-electron chi connectivity index (χ2n) is 3.93. The zero-order valence-corrected chi connectivity index (χ0v) is 9.51. The van der Waals surface area contributed by atoms with E-state index in [2.05, 4.69) is 0 Å². The van der Waals surface area contributed by atoms with E-state index in [1.807, 2.05) is 5.32 Å². The Hall–Kier alpha value is -1.27. The van der Waals surface area contributed by atoms with Crippen molar-refractivity contribution in [1.29, 1.82) is 0 Å². The van der Waals surface area contributed by atoms with E-state index in [4.69, 9.17) is 0 Å². The quantitative estimate of drug-likeness (QED) is 0.816. The minimum atomic E-state index is -4.42. The number of halogens is 3. The lowest BCUT2D eigenvalue weighted by Crippen LogP contribution is -2.47. The van der Waals surface area contributed by atoms with Gasteiger partial charge in [0.15, 0.2) is 0 Å². The fourth-order valence-electron chi connectivity index (χ4n) is 1.85. The number of alkyl halides is 3. The van der Waals surface area contributed by atoms with E-state index >= 15 is 0 Å². The Morgan fingerprint density at radius 2 is 2.06 bits per heavy atom. The lowest BCUT2D eigenvalue weighted by atomic mass is 10.2. The van der Waals surface area contributed by atoms with E-state index in [1.165, 1.54) is 4.90 Å². The van der Waals surface area contributed by atoms with Crippen molar-refractivity contribution in [1.82, 2.24) is 10.2 Å². The molecule has 0 spiro atoms.